The molecule has 8 heteroatoms. The van der Waals surface area contributed by atoms with E-state index < -0.39 is 9.84 Å². The zero-order chi connectivity index (χ0) is 27.3. The number of carbonyl (C=O) groups excluding carboxylic acids is 1. The molecule has 0 amide bonds. The van der Waals surface area contributed by atoms with Crippen molar-refractivity contribution in [3.8, 4) is 28.4 Å². The number of methoxy groups -OCH3 is 1. The summed E-state index contributed by atoms with van der Waals surface area (Å²) in [6, 6.07) is 18.0. The zero-order valence-corrected chi connectivity index (χ0v) is 23.1. The first-order valence-electron chi connectivity index (χ1n) is 12.6. The van der Waals surface area contributed by atoms with E-state index in [2.05, 4.69) is 12.1 Å². The van der Waals surface area contributed by atoms with E-state index in [9.17, 15) is 13.2 Å². The minimum atomic E-state index is -2.99. The summed E-state index contributed by atoms with van der Waals surface area (Å²) in [6.07, 6.45) is 2.00. The van der Waals surface area contributed by atoms with Crippen molar-refractivity contribution < 1.29 is 32.2 Å². The Morgan fingerprint density at radius 1 is 1.00 bits per heavy atom. The fourth-order valence-electron chi connectivity index (χ4n) is 4.76. The highest BCUT2D eigenvalue weighted by Crippen LogP contribution is 2.38. The summed E-state index contributed by atoms with van der Waals surface area (Å²) in [6.45, 7) is 5.31. The normalized spacial score (nSPS) is 14.5. The van der Waals surface area contributed by atoms with Crippen molar-refractivity contribution in [1.29, 1.82) is 0 Å². The fraction of sp³-hybridized carbons (Fsp3) is 0.367. The molecule has 0 saturated heterocycles. The molecule has 1 heterocycles. The molecular formula is C30H34O7S. The van der Waals surface area contributed by atoms with E-state index in [4.69, 9.17) is 18.9 Å². The summed E-state index contributed by atoms with van der Waals surface area (Å²) in [5.74, 6) is 2.06. The maximum absolute atomic E-state index is 11.6. The van der Waals surface area contributed by atoms with Crippen LogP contribution in [0.4, 0.5) is 0 Å². The molecule has 0 spiro atoms. The van der Waals surface area contributed by atoms with Crippen molar-refractivity contribution in [3.63, 3.8) is 0 Å². The number of benzene rings is 3. The van der Waals surface area contributed by atoms with Crippen LogP contribution < -0.4 is 14.2 Å². The van der Waals surface area contributed by atoms with Crippen molar-refractivity contribution in [2.45, 2.75) is 39.2 Å². The molecule has 3 aromatic carbocycles. The number of aryl methyl sites for hydroxylation is 2. The van der Waals surface area contributed by atoms with E-state index in [1.54, 1.807) is 0 Å². The molecule has 1 aliphatic heterocycles. The SMILES string of the molecule is COC(=O)C[C@H]1COc2cc(OCc3cccc(-c4c(C)cc(OCCCS(C)(=O)=O)cc4C)c3)ccc21. The van der Waals surface area contributed by atoms with Crippen LogP contribution in [0.5, 0.6) is 17.2 Å². The van der Waals surface area contributed by atoms with Crippen LogP contribution in [0.15, 0.2) is 54.6 Å². The van der Waals surface area contributed by atoms with Gasteiger partial charge >= 0.3 is 5.97 Å². The van der Waals surface area contributed by atoms with Crippen LogP contribution in [0.1, 0.15) is 41.0 Å². The van der Waals surface area contributed by atoms with Gasteiger partial charge in [0.05, 0.1) is 32.5 Å². The second kappa shape index (κ2) is 11.9. The molecule has 1 aliphatic rings. The molecule has 1 atom stereocenters. The fourth-order valence-corrected chi connectivity index (χ4v) is 5.40. The Bertz CT molecular complexity index is 1390. The largest absolute Gasteiger partial charge is 0.494 e. The van der Waals surface area contributed by atoms with Gasteiger partial charge in [-0.05, 0) is 72.4 Å². The van der Waals surface area contributed by atoms with E-state index in [1.165, 1.54) is 13.4 Å². The Kier molecular flexibility index (Phi) is 8.62. The quantitative estimate of drug-likeness (QED) is 0.239. The van der Waals surface area contributed by atoms with Crippen molar-refractivity contribution in [2.24, 2.45) is 0 Å². The van der Waals surface area contributed by atoms with Crippen LogP contribution in [0.25, 0.3) is 11.1 Å². The highest BCUT2D eigenvalue weighted by molar-refractivity contribution is 7.90. The van der Waals surface area contributed by atoms with Gasteiger partial charge in [-0.15, -0.1) is 0 Å². The number of rotatable bonds is 11. The van der Waals surface area contributed by atoms with Gasteiger partial charge in [0.1, 0.15) is 33.7 Å². The number of esters is 1. The van der Waals surface area contributed by atoms with Gasteiger partial charge in [0.2, 0.25) is 0 Å². The molecular weight excluding hydrogens is 504 g/mol. The lowest BCUT2D eigenvalue weighted by Crippen LogP contribution is -2.09. The molecule has 0 saturated carbocycles. The van der Waals surface area contributed by atoms with E-state index in [1.807, 2.05) is 56.3 Å². The Morgan fingerprint density at radius 3 is 2.47 bits per heavy atom. The lowest BCUT2D eigenvalue weighted by molar-refractivity contribution is -0.141. The number of carbonyl (C=O) groups is 1. The summed E-state index contributed by atoms with van der Waals surface area (Å²) in [5, 5.41) is 0. The molecule has 0 radical (unpaired) electrons. The average Bonchev–Trinajstić information content (AvgIpc) is 3.26. The van der Waals surface area contributed by atoms with Crippen molar-refractivity contribution in [2.75, 3.05) is 32.3 Å². The molecule has 0 aliphatic carbocycles. The standard InChI is InChI=1S/C30H34O7S/c1-20-13-26(35-11-6-12-38(4,32)33)14-21(2)30(20)23-8-5-7-22(15-23)18-36-25-9-10-27-24(16-29(31)34-3)19-37-28(27)17-25/h5,7-10,13-15,17,24H,6,11-12,16,18-19H2,1-4H3/t24-/m0/s1. The van der Waals surface area contributed by atoms with Crippen LogP contribution in [0.2, 0.25) is 0 Å². The Labute approximate surface area is 224 Å². The zero-order valence-electron chi connectivity index (χ0n) is 22.3. The number of fused-ring (bicyclic) bond motifs is 1. The van der Waals surface area contributed by atoms with Crippen molar-refractivity contribution in [3.05, 3.63) is 76.9 Å². The van der Waals surface area contributed by atoms with Crippen molar-refractivity contribution >= 4 is 15.8 Å². The monoisotopic (exact) mass is 538 g/mol. The van der Waals surface area contributed by atoms with Crippen molar-refractivity contribution in [1.82, 2.24) is 0 Å². The number of ether oxygens (including phenoxy) is 4. The molecule has 3 aromatic rings. The van der Waals surface area contributed by atoms with Gasteiger partial charge in [0.15, 0.2) is 0 Å². The van der Waals surface area contributed by atoms with Crippen LogP contribution in [-0.4, -0.2) is 46.7 Å². The smallest absolute Gasteiger partial charge is 0.306 e. The second-order valence-electron chi connectivity index (χ2n) is 9.74. The van der Waals surface area contributed by atoms with Crippen LogP contribution in [-0.2, 0) is 26.0 Å². The third kappa shape index (κ3) is 7.07. The first kappa shape index (κ1) is 27.5. The van der Waals surface area contributed by atoms with E-state index in [-0.39, 0.29) is 17.6 Å². The highest BCUT2D eigenvalue weighted by atomic mass is 32.2. The summed E-state index contributed by atoms with van der Waals surface area (Å²) in [5.41, 5.74) is 6.42. The molecule has 7 nitrogen and oxygen atoms in total. The predicted octanol–water partition coefficient (Wildman–Crippen LogP) is 5.40. The van der Waals surface area contributed by atoms with E-state index in [0.717, 1.165) is 44.9 Å². The highest BCUT2D eigenvalue weighted by Gasteiger charge is 2.27. The molecule has 0 fully saturated rings. The third-order valence-electron chi connectivity index (χ3n) is 6.56. The Balaban J connectivity index is 1.41. The lowest BCUT2D eigenvalue weighted by atomic mass is 9.94. The first-order chi connectivity index (χ1) is 18.1. The molecule has 0 unspecified atom stereocenters. The second-order valence-corrected chi connectivity index (χ2v) is 12.0. The van der Waals surface area contributed by atoms with Gasteiger partial charge in [-0.1, -0.05) is 24.3 Å². The Morgan fingerprint density at radius 2 is 1.76 bits per heavy atom. The summed E-state index contributed by atoms with van der Waals surface area (Å²) in [7, 11) is -1.59. The van der Waals surface area contributed by atoms with Crippen LogP contribution >= 0.6 is 0 Å². The summed E-state index contributed by atoms with van der Waals surface area (Å²) >= 11 is 0. The topological polar surface area (TPSA) is 88.1 Å². The number of hydrogen-bond acceptors (Lipinski definition) is 7. The Hall–Kier alpha value is -3.52. The third-order valence-corrected chi connectivity index (χ3v) is 7.59. The van der Waals surface area contributed by atoms with Crippen LogP contribution in [0, 0.1) is 13.8 Å². The average molecular weight is 539 g/mol. The molecule has 0 bridgehead atoms. The molecule has 38 heavy (non-hydrogen) atoms. The lowest BCUT2D eigenvalue weighted by Gasteiger charge is -2.15. The van der Waals surface area contributed by atoms with Gasteiger partial charge in [-0.2, -0.15) is 0 Å². The first-order valence-corrected chi connectivity index (χ1v) is 14.7. The summed E-state index contributed by atoms with van der Waals surface area (Å²) < 4.78 is 45.1. The molecule has 0 N–H and O–H groups in total. The number of sulfone groups is 1. The predicted molar refractivity (Wildman–Crippen MR) is 147 cm³/mol. The maximum Gasteiger partial charge on any atom is 0.306 e. The minimum Gasteiger partial charge on any atom is -0.494 e. The van der Waals surface area contributed by atoms with Gasteiger partial charge in [-0.3, -0.25) is 4.79 Å². The van der Waals surface area contributed by atoms with Crippen LogP contribution in [0.3, 0.4) is 0 Å². The van der Waals surface area contributed by atoms with E-state index >= 15 is 0 Å². The van der Waals surface area contributed by atoms with Gasteiger partial charge in [0.25, 0.3) is 0 Å². The molecule has 0 aromatic heterocycles. The van der Waals surface area contributed by atoms with Gasteiger partial charge in [-0.25, -0.2) is 8.42 Å². The molecule has 202 valence electrons. The van der Waals surface area contributed by atoms with Gasteiger partial charge in [0, 0.05) is 23.8 Å². The maximum atomic E-state index is 11.6. The van der Waals surface area contributed by atoms with Gasteiger partial charge < -0.3 is 18.9 Å². The number of hydrogen-bond donors (Lipinski definition) is 0. The molecule has 4 rings (SSSR count). The van der Waals surface area contributed by atoms with E-state index in [0.29, 0.717) is 38.4 Å². The summed E-state index contributed by atoms with van der Waals surface area (Å²) in [4.78, 5) is 11.6. The minimum absolute atomic E-state index is 0.000986.